The minimum Gasteiger partial charge on any atom is -0.496 e. The van der Waals surface area contributed by atoms with Crippen molar-refractivity contribution in [3.05, 3.63) is 17.3 Å². The molecule has 0 atom stereocenters. The van der Waals surface area contributed by atoms with Crippen LogP contribution >= 0.6 is 0 Å². The van der Waals surface area contributed by atoms with E-state index >= 15 is 0 Å². The van der Waals surface area contributed by atoms with E-state index < -0.39 is 0 Å². The van der Waals surface area contributed by atoms with E-state index in [0.29, 0.717) is 11.8 Å². The van der Waals surface area contributed by atoms with Crippen LogP contribution in [0, 0.1) is 6.92 Å². The Morgan fingerprint density at radius 1 is 1.29 bits per heavy atom. The summed E-state index contributed by atoms with van der Waals surface area (Å²) in [4.78, 5) is 4.46. The summed E-state index contributed by atoms with van der Waals surface area (Å²) < 4.78 is 10.4. The molecule has 1 aliphatic rings. The molecule has 0 aromatic carbocycles. The Kier molecular flexibility index (Phi) is 2.32. The van der Waals surface area contributed by atoms with E-state index in [1.807, 2.05) is 6.07 Å². The van der Waals surface area contributed by atoms with Gasteiger partial charge in [0.2, 0.25) is 5.88 Å². The zero-order chi connectivity index (χ0) is 10.1. The fourth-order valence-corrected chi connectivity index (χ4v) is 1.65. The van der Waals surface area contributed by atoms with E-state index in [4.69, 9.17) is 9.47 Å². The van der Waals surface area contributed by atoms with E-state index in [1.54, 1.807) is 14.2 Å². The highest BCUT2D eigenvalue weighted by molar-refractivity contribution is 5.42. The molecule has 0 unspecified atom stereocenters. The fraction of sp³-hybridized carbons (Fsp3) is 0.545. The molecule has 0 radical (unpaired) electrons. The zero-order valence-corrected chi connectivity index (χ0v) is 8.83. The Morgan fingerprint density at radius 3 is 2.50 bits per heavy atom. The van der Waals surface area contributed by atoms with Crippen molar-refractivity contribution in [3.8, 4) is 11.6 Å². The van der Waals surface area contributed by atoms with Crippen molar-refractivity contribution >= 4 is 0 Å². The van der Waals surface area contributed by atoms with Gasteiger partial charge >= 0.3 is 0 Å². The van der Waals surface area contributed by atoms with Crippen molar-refractivity contribution in [1.29, 1.82) is 0 Å². The molecule has 1 aliphatic carbocycles. The van der Waals surface area contributed by atoms with Crippen LogP contribution in [-0.4, -0.2) is 19.2 Å². The second-order valence-electron chi connectivity index (χ2n) is 3.65. The molecule has 76 valence electrons. The predicted molar refractivity (Wildman–Crippen MR) is 54.1 cm³/mol. The summed E-state index contributed by atoms with van der Waals surface area (Å²) >= 11 is 0. The molecule has 0 amide bonds. The van der Waals surface area contributed by atoms with Gasteiger partial charge in [-0.15, -0.1) is 0 Å². The number of hydrogen-bond donors (Lipinski definition) is 0. The highest BCUT2D eigenvalue weighted by Crippen LogP contribution is 2.43. The number of ether oxygens (including phenoxy) is 2. The van der Waals surface area contributed by atoms with Gasteiger partial charge in [0.25, 0.3) is 0 Å². The molecule has 3 heteroatoms. The number of methoxy groups -OCH3 is 2. The Balaban J connectivity index is 2.45. The summed E-state index contributed by atoms with van der Waals surface area (Å²) in [5.74, 6) is 2.15. The van der Waals surface area contributed by atoms with Crippen LogP contribution in [0.25, 0.3) is 0 Å². The minimum atomic E-state index is 0.624. The summed E-state index contributed by atoms with van der Waals surface area (Å²) in [6, 6.07) is 1.83. The van der Waals surface area contributed by atoms with Gasteiger partial charge in [-0.25, -0.2) is 4.98 Å². The van der Waals surface area contributed by atoms with Crippen LogP contribution < -0.4 is 9.47 Å². The van der Waals surface area contributed by atoms with Gasteiger partial charge in [-0.2, -0.15) is 0 Å². The minimum absolute atomic E-state index is 0.624. The normalized spacial score (nSPS) is 15.4. The number of aromatic nitrogens is 1. The summed E-state index contributed by atoms with van der Waals surface area (Å²) in [5.41, 5.74) is 2.29. The first-order chi connectivity index (χ1) is 6.76. The first-order valence-corrected chi connectivity index (χ1v) is 4.85. The second kappa shape index (κ2) is 3.48. The van der Waals surface area contributed by atoms with Crippen molar-refractivity contribution in [2.75, 3.05) is 14.2 Å². The molecule has 1 saturated carbocycles. The maximum Gasteiger partial charge on any atom is 0.216 e. The van der Waals surface area contributed by atoms with Crippen LogP contribution in [-0.2, 0) is 0 Å². The van der Waals surface area contributed by atoms with Crippen LogP contribution in [0.15, 0.2) is 6.07 Å². The Bertz CT molecular complexity index is 345. The van der Waals surface area contributed by atoms with Gasteiger partial charge in [-0.1, -0.05) is 0 Å². The number of pyridine rings is 1. The smallest absolute Gasteiger partial charge is 0.216 e. The molecular formula is C11H15NO2. The lowest BCUT2D eigenvalue weighted by Gasteiger charge is -2.11. The molecule has 2 rings (SSSR count). The van der Waals surface area contributed by atoms with Crippen molar-refractivity contribution in [2.45, 2.75) is 25.7 Å². The maximum absolute atomic E-state index is 5.29. The number of hydrogen-bond acceptors (Lipinski definition) is 3. The molecular weight excluding hydrogens is 178 g/mol. The van der Waals surface area contributed by atoms with Crippen LogP contribution in [0.3, 0.4) is 0 Å². The van der Waals surface area contributed by atoms with Gasteiger partial charge in [0.15, 0.2) is 0 Å². The third-order valence-electron chi connectivity index (χ3n) is 2.63. The SMILES string of the molecule is COc1cc(OC)c(C)c(C2CC2)n1. The average molecular weight is 193 g/mol. The van der Waals surface area contributed by atoms with Crippen molar-refractivity contribution < 1.29 is 9.47 Å². The third kappa shape index (κ3) is 1.54. The van der Waals surface area contributed by atoms with Crippen molar-refractivity contribution in [1.82, 2.24) is 4.98 Å². The van der Waals surface area contributed by atoms with Gasteiger partial charge in [0.05, 0.1) is 19.9 Å². The first-order valence-electron chi connectivity index (χ1n) is 4.85. The lowest BCUT2D eigenvalue weighted by atomic mass is 10.1. The zero-order valence-electron chi connectivity index (χ0n) is 8.83. The van der Waals surface area contributed by atoms with Crippen LogP contribution in [0.2, 0.25) is 0 Å². The summed E-state index contributed by atoms with van der Waals surface area (Å²) in [6.45, 7) is 2.05. The van der Waals surface area contributed by atoms with E-state index in [-0.39, 0.29) is 0 Å². The van der Waals surface area contributed by atoms with Crippen LogP contribution in [0.1, 0.15) is 30.0 Å². The quantitative estimate of drug-likeness (QED) is 0.738. The Hall–Kier alpha value is -1.25. The number of nitrogens with zero attached hydrogens (tertiary/aromatic N) is 1. The topological polar surface area (TPSA) is 31.4 Å². The van der Waals surface area contributed by atoms with E-state index in [2.05, 4.69) is 11.9 Å². The van der Waals surface area contributed by atoms with Crippen molar-refractivity contribution in [2.24, 2.45) is 0 Å². The molecule has 3 nitrogen and oxygen atoms in total. The average Bonchev–Trinajstić information content (AvgIpc) is 3.02. The fourth-order valence-electron chi connectivity index (χ4n) is 1.65. The molecule has 1 aromatic heterocycles. The molecule has 0 aliphatic heterocycles. The summed E-state index contributed by atoms with van der Waals surface area (Å²) in [6.07, 6.45) is 2.48. The van der Waals surface area contributed by atoms with Gasteiger partial charge in [0.1, 0.15) is 5.75 Å². The first kappa shape index (κ1) is 9.31. The largest absolute Gasteiger partial charge is 0.496 e. The highest BCUT2D eigenvalue weighted by atomic mass is 16.5. The van der Waals surface area contributed by atoms with Gasteiger partial charge < -0.3 is 9.47 Å². The Labute approximate surface area is 84.1 Å². The standard InChI is InChI=1S/C11H15NO2/c1-7-9(13-2)6-10(14-3)12-11(7)8-4-5-8/h6,8H,4-5H2,1-3H3. The van der Waals surface area contributed by atoms with Gasteiger partial charge in [-0.05, 0) is 19.8 Å². The van der Waals surface area contributed by atoms with E-state index in [1.165, 1.54) is 12.8 Å². The summed E-state index contributed by atoms with van der Waals surface area (Å²) in [5, 5.41) is 0. The monoisotopic (exact) mass is 193 g/mol. The van der Waals surface area contributed by atoms with Crippen LogP contribution in [0.4, 0.5) is 0 Å². The lowest BCUT2D eigenvalue weighted by molar-refractivity contribution is 0.378. The molecule has 0 bridgehead atoms. The molecule has 0 spiro atoms. The second-order valence-corrected chi connectivity index (χ2v) is 3.65. The molecule has 0 N–H and O–H groups in total. The molecule has 14 heavy (non-hydrogen) atoms. The number of rotatable bonds is 3. The highest BCUT2D eigenvalue weighted by Gasteiger charge is 2.28. The summed E-state index contributed by atoms with van der Waals surface area (Å²) in [7, 11) is 3.31. The Morgan fingerprint density at radius 2 is 2.00 bits per heavy atom. The van der Waals surface area contributed by atoms with Gasteiger partial charge in [0, 0.05) is 17.5 Å². The van der Waals surface area contributed by atoms with E-state index in [0.717, 1.165) is 17.0 Å². The molecule has 0 saturated heterocycles. The molecule has 1 aromatic rings. The third-order valence-corrected chi connectivity index (χ3v) is 2.63. The molecule has 1 heterocycles. The maximum atomic E-state index is 5.29. The predicted octanol–water partition coefficient (Wildman–Crippen LogP) is 2.28. The lowest BCUT2D eigenvalue weighted by Crippen LogP contribution is -1.99. The molecule has 1 fully saturated rings. The van der Waals surface area contributed by atoms with Gasteiger partial charge in [-0.3, -0.25) is 0 Å². The van der Waals surface area contributed by atoms with Crippen LogP contribution in [0.5, 0.6) is 11.6 Å². The van der Waals surface area contributed by atoms with E-state index in [9.17, 15) is 0 Å². The van der Waals surface area contributed by atoms with Crippen molar-refractivity contribution in [3.63, 3.8) is 0 Å².